The number of ether oxygens (including phenoxy) is 3. The minimum atomic E-state index is -5.48. The van der Waals surface area contributed by atoms with Gasteiger partial charge in [-0.15, -0.1) is 0 Å². The van der Waals surface area contributed by atoms with E-state index < -0.39 is 83.7 Å². The zero-order valence-corrected chi connectivity index (χ0v) is 43.0. The van der Waals surface area contributed by atoms with E-state index in [1.165, 1.54) is 31.4 Å². The highest BCUT2D eigenvalue weighted by Gasteiger charge is 2.46. The number of carbonyl (C=O) groups is 3. The monoisotopic (exact) mass is 1040 g/mol. The van der Waals surface area contributed by atoms with Gasteiger partial charge in [-0.3, -0.25) is 28.0 Å². The summed E-state index contributed by atoms with van der Waals surface area (Å²) in [5, 5.41) is 20.9. The van der Waals surface area contributed by atoms with Crippen LogP contribution in [0.25, 0.3) is 0 Å². The van der Waals surface area contributed by atoms with E-state index in [9.17, 15) is 48.3 Å². The molecule has 0 bridgehead atoms. The summed E-state index contributed by atoms with van der Waals surface area (Å²) >= 11 is 0. The molecular formula is C50H77N3O16P2. The third kappa shape index (κ3) is 30.3. The molecule has 1 aromatic heterocycles. The normalized spacial score (nSPS) is 19.8. The first kappa shape index (κ1) is 62.7. The van der Waals surface area contributed by atoms with Gasteiger partial charge in [-0.1, -0.05) is 125 Å². The molecule has 1 aliphatic rings. The molecule has 2 unspecified atom stereocenters. The molecule has 0 spiro atoms. The first-order valence-corrected chi connectivity index (χ1v) is 27.5. The average Bonchev–Trinajstić information content (AvgIpc) is 3.60. The van der Waals surface area contributed by atoms with Crippen LogP contribution in [0.4, 0.5) is 5.82 Å². The van der Waals surface area contributed by atoms with Crippen molar-refractivity contribution in [3.8, 4) is 0 Å². The van der Waals surface area contributed by atoms with Crippen molar-refractivity contribution in [3.63, 3.8) is 0 Å². The fraction of sp³-hybridized carbons (Fsp3) is 0.580. The van der Waals surface area contributed by atoms with Crippen LogP contribution in [-0.2, 0) is 51.1 Å². The van der Waals surface area contributed by atoms with E-state index in [0.29, 0.717) is 6.42 Å². The predicted molar refractivity (Wildman–Crippen MR) is 270 cm³/mol. The Balaban J connectivity index is 1.87. The number of ketones is 1. The minimum absolute atomic E-state index is 0.0242. The summed E-state index contributed by atoms with van der Waals surface area (Å²) in [6.45, 7) is 1.74. The number of anilines is 1. The van der Waals surface area contributed by atoms with E-state index in [1.54, 1.807) is 12.2 Å². The molecule has 1 aliphatic heterocycles. The Morgan fingerprint density at radius 1 is 0.732 bits per heavy atom. The Morgan fingerprint density at radius 3 is 1.99 bits per heavy atom. The number of hydrogen-bond acceptors (Lipinski definition) is 16. The Labute approximate surface area is 418 Å². The van der Waals surface area contributed by atoms with Crippen molar-refractivity contribution in [2.45, 2.75) is 166 Å². The van der Waals surface area contributed by atoms with Crippen LogP contribution in [0, 0.1) is 0 Å². The zero-order chi connectivity index (χ0) is 52.2. The van der Waals surface area contributed by atoms with Gasteiger partial charge in [0.2, 0.25) is 0 Å². The van der Waals surface area contributed by atoms with Crippen LogP contribution in [-0.4, -0.2) is 91.5 Å². The summed E-state index contributed by atoms with van der Waals surface area (Å²) in [5.74, 6) is -1.80. The van der Waals surface area contributed by atoms with Gasteiger partial charge in [-0.25, -0.2) is 13.9 Å². The van der Waals surface area contributed by atoms with Crippen molar-refractivity contribution in [1.29, 1.82) is 0 Å². The summed E-state index contributed by atoms with van der Waals surface area (Å²) in [5.41, 5.74) is 4.56. The number of carbonyl (C=O) groups excluding carboxylic acids is 3. The largest absolute Gasteiger partial charge is 0.481 e. The maximum absolute atomic E-state index is 12.8. The molecule has 0 radical (unpaired) electrons. The van der Waals surface area contributed by atoms with E-state index in [4.69, 9.17) is 29.0 Å². The van der Waals surface area contributed by atoms with E-state index in [1.807, 2.05) is 12.2 Å². The fourth-order valence-electron chi connectivity index (χ4n) is 6.63. The second kappa shape index (κ2) is 37.4. The third-order valence-corrected chi connectivity index (χ3v) is 13.0. The van der Waals surface area contributed by atoms with Crippen LogP contribution < -0.4 is 11.4 Å². The lowest BCUT2D eigenvalue weighted by Crippen LogP contribution is -2.36. The Kier molecular flexibility index (Phi) is 33.0. The summed E-state index contributed by atoms with van der Waals surface area (Å²) < 4.78 is 56.5. The molecule has 7 atom stereocenters. The third-order valence-electron chi connectivity index (χ3n) is 10.4. The molecule has 0 saturated carbocycles. The number of nitrogens with two attached hydrogens (primary N) is 1. The number of aliphatic hydroxyl groups excluding tert-OH is 2. The van der Waals surface area contributed by atoms with Gasteiger partial charge in [-0.2, -0.15) is 9.29 Å². The molecule has 19 nitrogen and oxygen atoms in total. The molecule has 1 fully saturated rings. The molecule has 0 amide bonds. The highest BCUT2D eigenvalue weighted by Crippen LogP contribution is 2.60. The van der Waals surface area contributed by atoms with Crippen LogP contribution in [0.2, 0.25) is 0 Å². The molecular weight excluding hydrogens is 961 g/mol. The number of aromatic nitrogens is 2. The quantitative estimate of drug-likeness (QED) is 0.0103. The van der Waals surface area contributed by atoms with Crippen LogP contribution in [0.1, 0.15) is 142 Å². The standard InChI is InChI=1S/C50H77N3O16P2/c1-3-5-7-9-11-13-15-17-18-20-22-24-26-28-30-34-46(56)67-42(38-64-45(55)35-31-33-41(54)32-29-27-25-23-21-19-16-14-12-10-8-6-4-2)39-65-70(60,61)69-71(62,63)66-40-43-47(57)48(58)49(68-43)53-37-36-44(51)52-50(53)59/h5,7,11-14,17-19,21,25,27,29,32,36-37,42-43,47-49,57-58H,3-4,6,8-10,15-16,20,22-24,26,28,30-31,33-35,38-40H2,1-2H3,(H,60,61)(H,62,63)(H2,51,52,59)/b7-5-,13-11-,14-12-,18-17-,21-19-,27-25-,32-29+/t42-,43-,47-,48-,49-/m1/s1. The van der Waals surface area contributed by atoms with Crippen molar-refractivity contribution < 1.29 is 71.1 Å². The number of aliphatic hydroxyl groups is 2. The molecule has 6 N–H and O–H groups in total. The molecule has 2 rings (SSSR count). The molecule has 1 saturated heterocycles. The maximum atomic E-state index is 12.8. The van der Waals surface area contributed by atoms with Gasteiger partial charge in [0.15, 0.2) is 18.1 Å². The second-order valence-electron chi connectivity index (χ2n) is 16.6. The van der Waals surface area contributed by atoms with Gasteiger partial charge in [0.05, 0.1) is 13.2 Å². The lowest BCUT2D eigenvalue weighted by molar-refractivity contribution is -0.161. The summed E-state index contributed by atoms with van der Waals surface area (Å²) in [6.07, 6.45) is 35.3. The average molecular weight is 1040 g/mol. The number of hydrogen-bond donors (Lipinski definition) is 5. The highest BCUT2D eigenvalue weighted by molar-refractivity contribution is 7.61. The van der Waals surface area contributed by atoms with Crippen LogP contribution >= 0.6 is 15.6 Å². The Bertz CT molecular complexity index is 2080. The summed E-state index contributed by atoms with van der Waals surface area (Å²) in [6, 6.07) is 1.23. The van der Waals surface area contributed by atoms with Gasteiger partial charge >= 0.3 is 33.3 Å². The smallest absolute Gasteiger partial charge is 0.462 e. The van der Waals surface area contributed by atoms with Crippen molar-refractivity contribution in [3.05, 3.63) is 108 Å². The first-order chi connectivity index (χ1) is 34.1. The van der Waals surface area contributed by atoms with Gasteiger partial charge in [0.1, 0.15) is 30.7 Å². The predicted octanol–water partition coefficient (Wildman–Crippen LogP) is 9.06. The van der Waals surface area contributed by atoms with Gasteiger partial charge in [0, 0.05) is 25.5 Å². The van der Waals surface area contributed by atoms with Crippen LogP contribution in [0.3, 0.4) is 0 Å². The maximum Gasteiger partial charge on any atom is 0.481 e. The number of unbranched alkanes of at least 4 members (excludes halogenated alkanes) is 8. The van der Waals surface area contributed by atoms with E-state index in [0.717, 1.165) is 81.4 Å². The Hall–Kier alpha value is -4.39. The van der Waals surface area contributed by atoms with Crippen molar-refractivity contribution in [1.82, 2.24) is 9.55 Å². The second-order valence-corrected chi connectivity index (χ2v) is 19.7. The number of phosphoric acid groups is 2. The number of phosphoric ester groups is 2. The van der Waals surface area contributed by atoms with E-state index >= 15 is 0 Å². The summed E-state index contributed by atoms with van der Waals surface area (Å²) in [4.78, 5) is 74.1. The fourth-order valence-corrected chi connectivity index (χ4v) is 8.74. The van der Waals surface area contributed by atoms with Crippen molar-refractivity contribution in [2.75, 3.05) is 25.6 Å². The van der Waals surface area contributed by atoms with Crippen LogP contribution in [0.15, 0.2) is 102 Å². The van der Waals surface area contributed by atoms with Crippen LogP contribution in [0.5, 0.6) is 0 Å². The van der Waals surface area contributed by atoms with Crippen molar-refractivity contribution in [2.24, 2.45) is 0 Å². The van der Waals surface area contributed by atoms with Gasteiger partial charge in [0.25, 0.3) is 0 Å². The molecule has 0 aliphatic carbocycles. The SMILES string of the molecule is CC/C=C\C/C=C\C/C=C\CCCCCCCC(=O)O[C@H](COC(=O)CCCC(=O)/C=C/C=C\C/C=C\C/C=C\CCCCC)COP(=O)(O)OP(=O)(O)OC[C@H]1O[C@@H](n2ccc(N)nc2=O)[C@H](O)[C@@H]1O. The first-order valence-electron chi connectivity index (χ1n) is 24.6. The minimum Gasteiger partial charge on any atom is -0.462 e. The van der Waals surface area contributed by atoms with Gasteiger partial charge < -0.3 is 39.9 Å². The molecule has 2 heterocycles. The summed E-state index contributed by atoms with van der Waals surface area (Å²) in [7, 11) is -11.0. The van der Waals surface area contributed by atoms with Crippen molar-refractivity contribution >= 4 is 39.2 Å². The van der Waals surface area contributed by atoms with E-state index in [-0.39, 0.29) is 37.3 Å². The molecule has 0 aromatic carbocycles. The zero-order valence-electron chi connectivity index (χ0n) is 41.2. The molecule has 71 heavy (non-hydrogen) atoms. The topological polar surface area (TPSA) is 283 Å². The molecule has 1 aromatic rings. The number of allylic oxidation sites excluding steroid dienone is 14. The highest BCUT2D eigenvalue weighted by atomic mass is 31.3. The number of rotatable bonds is 39. The number of nitrogen functional groups attached to an aromatic ring is 1. The Morgan fingerprint density at radius 2 is 1.32 bits per heavy atom. The number of esters is 2. The molecule has 21 heteroatoms. The van der Waals surface area contributed by atoms with E-state index in [2.05, 4.69) is 77.8 Å². The lowest BCUT2D eigenvalue weighted by atomic mass is 10.1. The molecule has 398 valence electrons. The number of nitrogens with zero attached hydrogens (tertiary/aromatic N) is 2. The van der Waals surface area contributed by atoms with Gasteiger partial charge in [-0.05, 0) is 82.8 Å². The lowest BCUT2D eigenvalue weighted by Gasteiger charge is -2.21.